The van der Waals surface area contributed by atoms with Crippen molar-refractivity contribution in [3.8, 4) is 0 Å². The summed E-state index contributed by atoms with van der Waals surface area (Å²) in [5.74, 6) is -3.79. The molecular formula is C31H36F6N4O5S. The normalized spacial score (nSPS) is 22.5. The molecule has 1 aromatic heterocycles. The van der Waals surface area contributed by atoms with E-state index in [0.29, 0.717) is 31.8 Å². The molecule has 2 aliphatic rings. The van der Waals surface area contributed by atoms with Crippen molar-refractivity contribution in [2.75, 3.05) is 19.3 Å². The SMILES string of the molecule is CC(C)N(C)C1CCC(N2CCC(c3nc4c(C(F)(F)F)cccc4[nH]3)C2=O)C(CS(=O)(=O)c2ccccc2)C1.O=C(O)C(F)(F)F. The van der Waals surface area contributed by atoms with Crippen LogP contribution < -0.4 is 0 Å². The lowest BCUT2D eigenvalue weighted by Crippen LogP contribution is -2.51. The molecule has 1 aliphatic heterocycles. The van der Waals surface area contributed by atoms with Gasteiger partial charge in [0.25, 0.3) is 0 Å². The van der Waals surface area contributed by atoms with Crippen molar-refractivity contribution in [2.45, 2.75) is 80.8 Å². The number of sulfone groups is 1. The number of alkyl halides is 6. The van der Waals surface area contributed by atoms with E-state index in [0.717, 1.165) is 12.5 Å². The Bertz CT molecular complexity index is 1680. The third-order valence-electron chi connectivity index (χ3n) is 8.89. The molecule has 1 aliphatic carbocycles. The Morgan fingerprint density at radius 3 is 2.26 bits per heavy atom. The molecule has 0 radical (unpaired) electrons. The molecular weight excluding hydrogens is 654 g/mol. The molecule has 0 bridgehead atoms. The lowest BCUT2D eigenvalue weighted by atomic mass is 9.81. The van der Waals surface area contributed by atoms with Gasteiger partial charge in [0.1, 0.15) is 11.3 Å². The first-order valence-electron chi connectivity index (χ1n) is 15.0. The topological polar surface area (TPSA) is 124 Å². The van der Waals surface area contributed by atoms with Gasteiger partial charge in [0.15, 0.2) is 9.84 Å². The Hall–Kier alpha value is -3.66. The number of aliphatic carboxylic acids is 1. The van der Waals surface area contributed by atoms with Crippen LogP contribution in [0.2, 0.25) is 0 Å². The maximum atomic E-state index is 13.8. The average Bonchev–Trinajstić information content (AvgIpc) is 3.59. The summed E-state index contributed by atoms with van der Waals surface area (Å²) in [6.45, 7) is 4.62. The van der Waals surface area contributed by atoms with Crippen molar-refractivity contribution in [2.24, 2.45) is 5.92 Å². The summed E-state index contributed by atoms with van der Waals surface area (Å²) in [5.41, 5.74) is -0.797. The Morgan fingerprint density at radius 1 is 1.04 bits per heavy atom. The fourth-order valence-corrected chi connectivity index (χ4v) is 8.03. The number of carboxylic acid groups (broad SMARTS) is 1. The second-order valence-corrected chi connectivity index (χ2v) is 14.2. The van der Waals surface area contributed by atoms with Crippen LogP contribution in [0.3, 0.4) is 0 Å². The number of imidazole rings is 1. The van der Waals surface area contributed by atoms with Crippen LogP contribution in [0, 0.1) is 5.92 Å². The van der Waals surface area contributed by atoms with E-state index in [1.807, 2.05) is 7.05 Å². The van der Waals surface area contributed by atoms with Crippen molar-refractivity contribution in [1.29, 1.82) is 0 Å². The second kappa shape index (κ2) is 13.8. The van der Waals surface area contributed by atoms with Gasteiger partial charge in [0.05, 0.1) is 27.6 Å². The molecule has 258 valence electrons. The quantitative estimate of drug-likeness (QED) is 0.297. The minimum atomic E-state index is -5.08. The van der Waals surface area contributed by atoms with Gasteiger partial charge < -0.3 is 19.9 Å². The highest BCUT2D eigenvalue weighted by atomic mass is 32.2. The maximum Gasteiger partial charge on any atom is 0.490 e. The zero-order valence-electron chi connectivity index (χ0n) is 25.8. The Labute approximate surface area is 267 Å². The number of carboxylic acids is 1. The summed E-state index contributed by atoms with van der Waals surface area (Å²) < 4.78 is 99.2. The third kappa shape index (κ3) is 8.26. The molecule has 16 heteroatoms. The molecule has 2 heterocycles. The number of rotatable bonds is 7. The number of hydrogen-bond donors (Lipinski definition) is 2. The lowest BCUT2D eigenvalue weighted by Gasteiger charge is -2.44. The first kappa shape index (κ1) is 36.2. The molecule has 2 aromatic carbocycles. The number of H-pyrrole nitrogens is 1. The van der Waals surface area contributed by atoms with Crippen LogP contribution in [-0.4, -0.2) is 88.8 Å². The van der Waals surface area contributed by atoms with Crippen LogP contribution in [-0.2, 0) is 25.6 Å². The molecule has 4 unspecified atom stereocenters. The van der Waals surface area contributed by atoms with Crippen molar-refractivity contribution in [1.82, 2.24) is 19.8 Å². The fraction of sp³-hybridized carbons (Fsp3) is 0.516. The Morgan fingerprint density at radius 2 is 1.68 bits per heavy atom. The molecule has 3 aromatic rings. The summed E-state index contributed by atoms with van der Waals surface area (Å²) in [4.78, 5) is 34.1. The van der Waals surface area contributed by atoms with Gasteiger partial charge in [0.2, 0.25) is 5.91 Å². The number of aromatic amines is 1. The number of benzene rings is 2. The summed E-state index contributed by atoms with van der Waals surface area (Å²) in [5, 5.41) is 7.12. The fourth-order valence-electron chi connectivity index (χ4n) is 6.34. The van der Waals surface area contributed by atoms with Crippen molar-refractivity contribution in [3.05, 3.63) is 59.9 Å². The van der Waals surface area contributed by atoms with E-state index in [1.165, 1.54) is 12.1 Å². The van der Waals surface area contributed by atoms with Crippen molar-refractivity contribution < 1.29 is 49.5 Å². The monoisotopic (exact) mass is 690 g/mol. The third-order valence-corrected chi connectivity index (χ3v) is 10.7. The van der Waals surface area contributed by atoms with Crippen LogP contribution in [0.15, 0.2) is 53.4 Å². The highest BCUT2D eigenvalue weighted by molar-refractivity contribution is 7.91. The van der Waals surface area contributed by atoms with Crippen molar-refractivity contribution in [3.63, 3.8) is 0 Å². The van der Waals surface area contributed by atoms with Crippen LogP contribution in [0.4, 0.5) is 26.3 Å². The number of fused-ring (bicyclic) bond motifs is 1. The van der Waals surface area contributed by atoms with E-state index in [2.05, 4.69) is 28.7 Å². The Kier molecular flexibility index (Phi) is 10.6. The van der Waals surface area contributed by atoms with Crippen LogP contribution in [0.1, 0.15) is 56.8 Å². The maximum absolute atomic E-state index is 13.8. The average molecular weight is 691 g/mol. The van der Waals surface area contributed by atoms with E-state index in [4.69, 9.17) is 9.90 Å². The first-order valence-corrected chi connectivity index (χ1v) is 16.6. The zero-order valence-corrected chi connectivity index (χ0v) is 26.7. The number of nitrogens with zero attached hydrogens (tertiary/aromatic N) is 3. The summed E-state index contributed by atoms with van der Waals surface area (Å²) >= 11 is 0. The van der Waals surface area contributed by atoms with Gasteiger partial charge in [-0.1, -0.05) is 24.3 Å². The number of hydrogen-bond acceptors (Lipinski definition) is 6. The summed E-state index contributed by atoms with van der Waals surface area (Å²) in [6, 6.07) is 12.4. The van der Waals surface area contributed by atoms with Gasteiger partial charge in [-0.3, -0.25) is 4.79 Å². The minimum Gasteiger partial charge on any atom is -0.475 e. The number of para-hydroxylation sites is 1. The van der Waals surface area contributed by atoms with Gasteiger partial charge in [-0.15, -0.1) is 0 Å². The number of amides is 1. The lowest BCUT2D eigenvalue weighted by molar-refractivity contribution is -0.192. The first-order chi connectivity index (χ1) is 21.8. The number of carbonyl (C=O) groups is 2. The van der Waals surface area contributed by atoms with Crippen LogP contribution >= 0.6 is 0 Å². The molecule has 4 atom stereocenters. The summed E-state index contributed by atoms with van der Waals surface area (Å²) in [7, 11) is -1.54. The molecule has 1 saturated heterocycles. The van der Waals surface area contributed by atoms with Gasteiger partial charge >= 0.3 is 18.3 Å². The largest absolute Gasteiger partial charge is 0.490 e. The number of halogens is 6. The zero-order chi connectivity index (χ0) is 34.9. The highest BCUT2D eigenvalue weighted by Crippen LogP contribution is 2.40. The van der Waals surface area contributed by atoms with E-state index in [-0.39, 0.29) is 51.4 Å². The molecule has 1 saturated carbocycles. The van der Waals surface area contributed by atoms with Crippen LogP contribution in [0.25, 0.3) is 11.0 Å². The van der Waals surface area contributed by atoms with Crippen LogP contribution in [0.5, 0.6) is 0 Å². The standard InChI is InChI=1S/C29H35F3N4O3S.C2HF3O2/c1-18(2)35(3)20-12-13-25(19(16-20)17-40(38,39)21-8-5-4-6-9-21)36-15-14-22(28(36)37)27-33-24-11-7-10-23(26(24)34-27)29(30,31)32;3-2(4,5)1(6)7/h4-11,18-20,22,25H,12-17H2,1-3H3,(H,33,34);(H,6,7). The van der Waals surface area contributed by atoms with Gasteiger partial charge in [-0.25, -0.2) is 18.2 Å². The molecule has 0 spiro atoms. The molecule has 9 nitrogen and oxygen atoms in total. The summed E-state index contributed by atoms with van der Waals surface area (Å²) in [6.07, 6.45) is -7.11. The number of aromatic nitrogens is 2. The van der Waals surface area contributed by atoms with E-state index in [9.17, 15) is 39.6 Å². The van der Waals surface area contributed by atoms with Gasteiger partial charge in [-0.2, -0.15) is 26.3 Å². The highest BCUT2D eigenvalue weighted by Gasteiger charge is 2.45. The molecule has 47 heavy (non-hydrogen) atoms. The van der Waals surface area contributed by atoms with Gasteiger partial charge in [0, 0.05) is 24.7 Å². The Balaban J connectivity index is 0.000000644. The minimum absolute atomic E-state index is 0.0713. The van der Waals surface area contributed by atoms with E-state index >= 15 is 0 Å². The number of likely N-dealkylation sites (tertiary alicyclic amines) is 1. The number of carbonyl (C=O) groups excluding carboxylic acids is 1. The number of nitrogens with one attached hydrogen (secondary N) is 1. The molecule has 5 rings (SSSR count). The molecule has 2 N–H and O–H groups in total. The molecule has 2 fully saturated rings. The predicted octanol–water partition coefficient (Wildman–Crippen LogP) is 5.88. The van der Waals surface area contributed by atoms with Crippen molar-refractivity contribution >= 4 is 32.7 Å². The predicted molar refractivity (Wildman–Crippen MR) is 160 cm³/mol. The van der Waals surface area contributed by atoms with E-state index in [1.54, 1.807) is 35.2 Å². The second-order valence-electron chi connectivity index (χ2n) is 12.1. The van der Waals surface area contributed by atoms with E-state index < -0.39 is 39.6 Å². The smallest absolute Gasteiger partial charge is 0.475 e. The van der Waals surface area contributed by atoms with Gasteiger partial charge in [-0.05, 0) is 76.8 Å². The molecule has 1 amide bonds.